The summed E-state index contributed by atoms with van der Waals surface area (Å²) in [5.74, 6) is 0. The molecule has 12 heavy (non-hydrogen) atoms. The Hall–Kier alpha value is -0.0800. The minimum absolute atomic E-state index is 0.735. The molecular formula is C10H22N2. The second-order valence-corrected chi connectivity index (χ2v) is 3.80. The number of rotatable bonds is 3. The largest absolute Gasteiger partial charge is 0.315 e. The van der Waals surface area contributed by atoms with E-state index in [2.05, 4.69) is 24.1 Å². The van der Waals surface area contributed by atoms with E-state index >= 15 is 0 Å². The normalized spacial score (nSPS) is 27.0. The first kappa shape index (κ1) is 10.0. The van der Waals surface area contributed by atoms with Gasteiger partial charge in [-0.3, -0.25) is 4.90 Å². The fourth-order valence-corrected chi connectivity index (χ4v) is 1.76. The van der Waals surface area contributed by atoms with E-state index in [0.717, 1.165) is 6.04 Å². The van der Waals surface area contributed by atoms with Gasteiger partial charge in [-0.25, -0.2) is 0 Å². The Balaban J connectivity index is 2.26. The highest BCUT2D eigenvalue weighted by molar-refractivity contribution is 4.73. The number of hydrogen-bond donors (Lipinski definition) is 1. The van der Waals surface area contributed by atoms with Crippen molar-refractivity contribution in [1.29, 1.82) is 0 Å². The average Bonchev–Trinajstić information content (AvgIpc) is 2.27. The lowest BCUT2D eigenvalue weighted by Crippen LogP contribution is -2.37. The van der Waals surface area contributed by atoms with E-state index in [1.807, 2.05) is 0 Å². The van der Waals surface area contributed by atoms with Crippen LogP contribution >= 0.6 is 0 Å². The van der Waals surface area contributed by atoms with Gasteiger partial charge < -0.3 is 5.32 Å². The molecule has 0 aromatic heterocycles. The Bertz CT molecular complexity index is 114. The van der Waals surface area contributed by atoms with Gasteiger partial charge in [-0.1, -0.05) is 13.3 Å². The van der Waals surface area contributed by atoms with Gasteiger partial charge in [0.15, 0.2) is 0 Å². The first-order valence-corrected chi connectivity index (χ1v) is 5.29. The highest BCUT2D eigenvalue weighted by Crippen LogP contribution is 2.05. The van der Waals surface area contributed by atoms with E-state index in [1.165, 1.54) is 45.4 Å². The Morgan fingerprint density at radius 3 is 3.08 bits per heavy atom. The number of unbranched alkanes of at least 4 members (excludes halogenated alkanes) is 1. The zero-order valence-corrected chi connectivity index (χ0v) is 8.47. The Morgan fingerprint density at radius 1 is 1.50 bits per heavy atom. The molecule has 0 bridgehead atoms. The summed E-state index contributed by atoms with van der Waals surface area (Å²) in [6.07, 6.45) is 3.98. The third-order valence-corrected chi connectivity index (χ3v) is 2.66. The average molecular weight is 170 g/mol. The quantitative estimate of drug-likeness (QED) is 0.690. The van der Waals surface area contributed by atoms with E-state index in [-0.39, 0.29) is 0 Å². The molecule has 0 spiro atoms. The minimum Gasteiger partial charge on any atom is -0.315 e. The van der Waals surface area contributed by atoms with Crippen molar-refractivity contribution in [3.8, 4) is 0 Å². The molecule has 1 heterocycles. The molecule has 1 N–H and O–H groups in total. The van der Waals surface area contributed by atoms with Gasteiger partial charge in [0.2, 0.25) is 0 Å². The van der Waals surface area contributed by atoms with Gasteiger partial charge in [0.25, 0.3) is 0 Å². The van der Waals surface area contributed by atoms with Crippen LogP contribution in [-0.2, 0) is 0 Å². The molecule has 2 heteroatoms. The van der Waals surface area contributed by atoms with Gasteiger partial charge in [-0.2, -0.15) is 0 Å². The first-order chi connectivity index (χ1) is 5.84. The maximum atomic E-state index is 3.46. The topological polar surface area (TPSA) is 15.3 Å². The molecule has 0 aromatic rings. The lowest BCUT2D eigenvalue weighted by atomic mass is 10.2. The van der Waals surface area contributed by atoms with Crippen molar-refractivity contribution >= 4 is 0 Å². The molecule has 1 aliphatic rings. The summed E-state index contributed by atoms with van der Waals surface area (Å²) in [6, 6.07) is 0.735. The van der Waals surface area contributed by atoms with Crippen molar-refractivity contribution in [3.05, 3.63) is 0 Å². The van der Waals surface area contributed by atoms with Gasteiger partial charge in [0.05, 0.1) is 0 Å². The third-order valence-electron chi connectivity index (χ3n) is 2.66. The van der Waals surface area contributed by atoms with Crippen molar-refractivity contribution in [3.63, 3.8) is 0 Å². The Labute approximate surface area is 76.3 Å². The fraction of sp³-hybridized carbons (Fsp3) is 1.00. The molecule has 0 aliphatic carbocycles. The van der Waals surface area contributed by atoms with Crippen LogP contribution in [0.5, 0.6) is 0 Å². The van der Waals surface area contributed by atoms with E-state index in [0.29, 0.717) is 0 Å². The molecule has 1 rings (SSSR count). The lowest BCUT2D eigenvalue weighted by molar-refractivity contribution is 0.219. The van der Waals surface area contributed by atoms with Crippen LogP contribution in [0.4, 0.5) is 0 Å². The SMILES string of the molecule is CCCCN1CCCNCC1C. The van der Waals surface area contributed by atoms with E-state index in [1.54, 1.807) is 0 Å². The number of hydrogen-bond acceptors (Lipinski definition) is 2. The molecule has 2 nitrogen and oxygen atoms in total. The fourth-order valence-electron chi connectivity index (χ4n) is 1.76. The van der Waals surface area contributed by atoms with Gasteiger partial charge in [-0.15, -0.1) is 0 Å². The van der Waals surface area contributed by atoms with Crippen LogP contribution in [0.25, 0.3) is 0 Å². The molecule has 1 unspecified atom stereocenters. The van der Waals surface area contributed by atoms with Crippen LogP contribution in [0.15, 0.2) is 0 Å². The van der Waals surface area contributed by atoms with Crippen molar-refractivity contribution in [2.24, 2.45) is 0 Å². The molecule has 0 radical (unpaired) electrons. The van der Waals surface area contributed by atoms with Crippen LogP contribution < -0.4 is 5.32 Å². The number of nitrogens with zero attached hydrogens (tertiary/aromatic N) is 1. The van der Waals surface area contributed by atoms with Gasteiger partial charge >= 0.3 is 0 Å². The highest BCUT2D eigenvalue weighted by Gasteiger charge is 2.14. The second-order valence-electron chi connectivity index (χ2n) is 3.80. The maximum Gasteiger partial charge on any atom is 0.0192 e. The van der Waals surface area contributed by atoms with Crippen molar-refractivity contribution < 1.29 is 0 Å². The predicted octanol–water partition coefficient (Wildman–Crippen LogP) is 1.47. The van der Waals surface area contributed by atoms with Crippen LogP contribution in [-0.4, -0.2) is 37.1 Å². The highest BCUT2D eigenvalue weighted by atomic mass is 15.2. The number of nitrogens with one attached hydrogen (secondary N) is 1. The summed E-state index contributed by atoms with van der Waals surface area (Å²) < 4.78 is 0. The summed E-state index contributed by atoms with van der Waals surface area (Å²) in [4.78, 5) is 2.61. The first-order valence-electron chi connectivity index (χ1n) is 5.29. The molecule has 0 amide bonds. The van der Waals surface area contributed by atoms with Gasteiger partial charge in [0.1, 0.15) is 0 Å². The smallest absolute Gasteiger partial charge is 0.0192 e. The summed E-state index contributed by atoms with van der Waals surface area (Å²) in [5, 5.41) is 3.46. The van der Waals surface area contributed by atoms with Crippen LogP contribution in [0, 0.1) is 0 Å². The molecule has 0 saturated carbocycles. The van der Waals surface area contributed by atoms with Crippen LogP contribution in [0.2, 0.25) is 0 Å². The van der Waals surface area contributed by atoms with Crippen molar-refractivity contribution in [2.45, 2.75) is 39.2 Å². The molecule has 1 saturated heterocycles. The molecular weight excluding hydrogens is 148 g/mol. The second kappa shape index (κ2) is 5.55. The van der Waals surface area contributed by atoms with E-state index in [4.69, 9.17) is 0 Å². The van der Waals surface area contributed by atoms with Crippen LogP contribution in [0.3, 0.4) is 0 Å². The summed E-state index contributed by atoms with van der Waals surface area (Å²) in [6.45, 7) is 9.54. The molecule has 1 atom stereocenters. The van der Waals surface area contributed by atoms with Gasteiger partial charge in [0, 0.05) is 12.6 Å². The monoisotopic (exact) mass is 170 g/mol. The summed E-state index contributed by atoms with van der Waals surface area (Å²) >= 11 is 0. The van der Waals surface area contributed by atoms with Gasteiger partial charge in [-0.05, 0) is 39.4 Å². The summed E-state index contributed by atoms with van der Waals surface area (Å²) in [7, 11) is 0. The van der Waals surface area contributed by atoms with Crippen molar-refractivity contribution in [1.82, 2.24) is 10.2 Å². The predicted molar refractivity (Wildman–Crippen MR) is 53.4 cm³/mol. The molecule has 1 fully saturated rings. The summed E-state index contributed by atoms with van der Waals surface area (Å²) in [5.41, 5.74) is 0. The molecule has 72 valence electrons. The zero-order chi connectivity index (χ0) is 8.81. The van der Waals surface area contributed by atoms with E-state index < -0.39 is 0 Å². The van der Waals surface area contributed by atoms with Crippen molar-refractivity contribution in [2.75, 3.05) is 26.2 Å². The third kappa shape index (κ3) is 3.11. The van der Waals surface area contributed by atoms with E-state index in [9.17, 15) is 0 Å². The Kier molecular flexibility index (Phi) is 4.62. The Morgan fingerprint density at radius 2 is 2.33 bits per heavy atom. The molecule has 1 aliphatic heterocycles. The zero-order valence-electron chi connectivity index (χ0n) is 8.47. The minimum atomic E-state index is 0.735. The lowest BCUT2D eigenvalue weighted by Gasteiger charge is -2.26. The molecule has 0 aromatic carbocycles. The standard InChI is InChI=1S/C10H22N2/c1-3-4-7-12-8-5-6-11-9-10(12)2/h10-11H,3-9H2,1-2H3. The van der Waals surface area contributed by atoms with Crippen LogP contribution in [0.1, 0.15) is 33.1 Å². The maximum absolute atomic E-state index is 3.46.